The van der Waals surface area contributed by atoms with Crippen LogP contribution < -0.4 is 5.56 Å². The lowest BCUT2D eigenvalue weighted by atomic mass is 9.87. The molecule has 0 N–H and O–H groups in total. The lowest BCUT2D eigenvalue weighted by Gasteiger charge is -2.33. The minimum Gasteiger partial charge on any atom is -0.370 e. The van der Waals surface area contributed by atoms with Gasteiger partial charge in [0.15, 0.2) is 5.65 Å². The van der Waals surface area contributed by atoms with Crippen LogP contribution in [0.2, 0.25) is 0 Å². The van der Waals surface area contributed by atoms with Crippen molar-refractivity contribution in [3.63, 3.8) is 0 Å². The number of hydrogen-bond donors (Lipinski definition) is 0. The van der Waals surface area contributed by atoms with Crippen LogP contribution in [-0.2, 0) is 11.8 Å². The Kier molecular flexibility index (Phi) is 5.47. The number of aryl methyl sites for hydroxylation is 2. The first-order valence-corrected chi connectivity index (χ1v) is 10.9. The Balaban J connectivity index is 1.69. The predicted octanol–water partition coefficient (Wildman–Crippen LogP) is 4.24. The molecule has 0 spiro atoms. The Morgan fingerprint density at radius 1 is 1.12 bits per heavy atom. The summed E-state index contributed by atoms with van der Waals surface area (Å²) >= 11 is 0. The predicted molar refractivity (Wildman–Crippen MR) is 118 cm³/mol. The second-order valence-electron chi connectivity index (χ2n) is 8.70. The van der Waals surface area contributed by atoms with E-state index in [9.17, 15) is 18.0 Å². The number of aromatic nitrogens is 5. The maximum atomic E-state index is 14.8. The summed E-state index contributed by atoms with van der Waals surface area (Å²) < 4.78 is 51.7. The van der Waals surface area contributed by atoms with Crippen LogP contribution in [-0.4, -0.2) is 30.3 Å². The fraction of sp³-hybridized carbons (Fsp3) is 0.333. The number of ether oxygens (including phenoxy) is 1. The van der Waals surface area contributed by atoms with E-state index in [1.165, 1.54) is 19.2 Å². The van der Waals surface area contributed by atoms with Gasteiger partial charge in [0.2, 0.25) is 5.82 Å². The molecule has 5 rings (SSSR count). The molecule has 1 fully saturated rings. The van der Waals surface area contributed by atoms with E-state index in [2.05, 4.69) is 15.1 Å². The monoisotopic (exact) mass is 469 g/mol. The number of nitrogens with zero attached hydrogens (tertiary/aromatic N) is 5. The van der Waals surface area contributed by atoms with E-state index in [0.29, 0.717) is 18.5 Å². The average Bonchev–Trinajstić information content (AvgIpc) is 3.23. The van der Waals surface area contributed by atoms with E-state index in [4.69, 9.17) is 4.74 Å². The molecule has 10 heteroatoms. The Morgan fingerprint density at radius 2 is 1.91 bits per heavy atom. The van der Waals surface area contributed by atoms with E-state index in [1.54, 1.807) is 10.9 Å². The van der Waals surface area contributed by atoms with Crippen LogP contribution in [0.1, 0.15) is 48.7 Å². The average molecular weight is 469 g/mol. The number of benzene rings is 1. The molecule has 0 radical (unpaired) electrons. The second-order valence-corrected chi connectivity index (χ2v) is 8.70. The van der Waals surface area contributed by atoms with Crippen LogP contribution in [0.4, 0.5) is 13.2 Å². The zero-order chi connectivity index (χ0) is 24.1. The normalized spacial score (nSPS) is 20.7. The molecule has 4 heterocycles. The van der Waals surface area contributed by atoms with E-state index in [0.717, 1.165) is 22.1 Å². The van der Waals surface area contributed by atoms with Gasteiger partial charge >= 0.3 is 0 Å². The fourth-order valence-electron chi connectivity index (χ4n) is 4.51. The molecule has 34 heavy (non-hydrogen) atoms. The molecule has 3 aromatic heterocycles. The summed E-state index contributed by atoms with van der Waals surface area (Å²) in [6.07, 6.45) is 5.82. The maximum absolute atomic E-state index is 14.8. The largest absolute Gasteiger partial charge is 0.370 e. The SMILES string of the molecule is Cc1nc2c(-c3ccc(F)cc3F)nc([C@H]3C[C@H](C)O[C@@H](c4cnn(C)c4)C3)cn2c(=O)c1F. The summed E-state index contributed by atoms with van der Waals surface area (Å²) in [4.78, 5) is 21.6. The molecule has 1 aliphatic heterocycles. The van der Waals surface area contributed by atoms with Gasteiger partial charge in [-0.1, -0.05) is 0 Å². The van der Waals surface area contributed by atoms with E-state index >= 15 is 0 Å². The number of halogens is 3. The summed E-state index contributed by atoms with van der Waals surface area (Å²) in [6.45, 7) is 3.29. The highest BCUT2D eigenvalue weighted by atomic mass is 19.1. The fourth-order valence-corrected chi connectivity index (χ4v) is 4.51. The van der Waals surface area contributed by atoms with Gasteiger partial charge in [0.25, 0.3) is 5.56 Å². The van der Waals surface area contributed by atoms with Gasteiger partial charge in [-0.2, -0.15) is 9.49 Å². The Morgan fingerprint density at radius 3 is 2.62 bits per heavy atom. The van der Waals surface area contributed by atoms with Crippen molar-refractivity contribution in [3.05, 3.63) is 81.5 Å². The second kappa shape index (κ2) is 8.35. The van der Waals surface area contributed by atoms with Crippen molar-refractivity contribution in [3.8, 4) is 11.3 Å². The van der Waals surface area contributed by atoms with Crippen molar-refractivity contribution in [2.45, 2.75) is 44.8 Å². The molecule has 0 saturated carbocycles. The van der Waals surface area contributed by atoms with Crippen molar-refractivity contribution < 1.29 is 17.9 Å². The quantitative estimate of drug-likeness (QED) is 0.449. The third-order valence-electron chi connectivity index (χ3n) is 6.15. The van der Waals surface area contributed by atoms with Gasteiger partial charge in [-0.15, -0.1) is 0 Å². The van der Waals surface area contributed by atoms with Crippen molar-refractivity contribution in [2.24, 2.45) is 7.05 Å². The maximum Gasteiger partial charge on any atom is 0.294 e. The number of fused-ring (bicyclic) bond motifs is 1. The highest BCUT2D eigenvalue weighted by molar-refractivity contribution is 5.74. The smallest absolute Gasteiger partial charge is 0.294 e. The molecular weight excluding hydrogens is 447 g/mol. The van der Waals surface area contributed by atoms with Crippen LogP contribution in [0.3, 0.4) is 0 Å². The molecule has 4 aromatic rings. The lowest BCUT2D eigenvalue weighted by Crippen LogP contribution is -2.27. The van der Waals surface area contributed by atoms with Crippen molar-refractivity contribution in [1.29, 1.82) is 0 Å². The molecule has 0 aliphatic carbocycles. The van der Waals surface area contributed by atoms with Gasteiger partial charge in [-0.25, -0.2) is 18.7 Å². The molecule has 1 aliphatic rings. The van der Waals surface area contributed by atoms with Crippen LogP contribution in [0.5, 0.6) is 0 Å². The Labute approximate surface area is 192 Å². The molecule has 0 amide bonds. The van der Waals surface area contributed by atoms with Gasteiger partial charge in [0, 0.05) is 42.6 Å². The summed E-state index contributed by atoms with van der Waals surface area (Å²) in [5.41, 5.74) is 0.378. The van der Waals surface area contributed by atoms with Crippen LogP contribution in [0.25, 0.3) is 16.9 Å². The topological polar surface area (TPSA) is 74.3 Å². The third kappa shape index (κ3) is 3.87. The highest BCUT2D eigenvalue weighted by Crippen LogP contribution is 2.40. The Bertz CT molecular complexity index is 1470. The summed E-state index contributed by atoms with van der Waals surface area (Å²) in [6, 6.07) is 3.09. The molecule has 176 valence electrons. The first-order valence-electron chi connectivity index (χ1n) is 10.9. The van der Waals surface area contributed by atoms with E-state index in [1.807, 2.05) is 20.2 Å². The molecule has 1 saturated heterocycles. The lowest BCUT2D eigenvalue weighted by molar-refractivity contribution is -0.0506. The van der Waals surface area contributed by atoms with E-state index in [-0.39, 0.29) is 40.7 Å². The van der Waals surface area contributed by atoms with Crippen molar-refractivity contribution in [2.75, 3.05) is 0 Å². The summed E-state index contributed by atoms with van der Waals surface area (Å²) in [5, 5.41) is 4.21. The van der Waals surface area contributed by atoms with Gasteiger partial charge in [0.1, 0.15) is 17.3 Å². The van der Waals surface area contributed by atoms with Crippen molar-refractivity contribution in [1.82, 2.24) is 24.1 Å². The zero-order valence-electron chi connectivity index (χ0n) is 18.8. The first-order chi connectivity index (χ1) is 16.2. The first kappa shape index (κ1) is 22.3. The molecular formula is C24H22F3N5O2. The van der Waals surface area contributed by atoms with Gasteiger partial charge in [-0.3, -0.25) is 13.9 Å². The van der Waals surface area contributed by atoms with Gasteiger partial charge in [-0.05, 0) is 38.8 Å². The molecule has 3 atom stereocenters. The number of rotatable bonds is 3. The van der Waals surface area contributed by atoms with E-state index < -0.39 is 23.0 Å². The molecule has 0 unspecified atom stereocenters. The standard InChI is InChI=1S/C24H22F3N5O2/c1-12-6-14(7-20(34-12)15-9-28-31(3)10-15)19-11-32-23(29-13(2)21(27)24(32)33)22(30-19)17-5-4-16(25)8-18(17)26/h4-5,8-12,14,20H,6-7H2,1-3H3/t12-,14-,20+/m0/s1. The van der Waals surface area contributed by atoms with Gasteiger partial charge < -0.3 is 4.74 Å². The Hall–Kier alpha value is -3.53. The van der Waals surface area contributed by atoms with Gasteiger partial charge in [0.05, 0.1) is 29.8 Å². The molecule has 7 nitrogen and oxygen atoms in total. The molecule has 0 bridgehead atoms. The number of hydrogen-bond acceptors (Lipinski definition) is 5. The van der Waals surface area contributed by atoms with Crippen LogP contribution in [0, 0.1) is 24.4 Å². The molecule has 1 aromatic carbocycles. The van der Waals surface area contributed by atoms with Crippen LogP contribution >= 0.6 is 0 Å². The minimum absolute atomic E-state index is 0.00192. The zero-order valence-corrected chi connectivity index (χ0v) is 18.8. The summed E-state index contributed by atoms with van der Waals surface area (Å²) in [7, 11) is 1.82. The van der Waals surface area contributed by atoms with Crippen LogP contribution in [0.15, 0.2) is 41.6 Å². The minimum atomic E-state index is -0.992. The third-order valence-corrected chi connectivity index (χ3v) is 6.15. The van der Waals surface area contributed by atoms with Crippen molar-refractivity contribution >= 4 is 5.65 Å². The highest BCUT2D eigenvalue weighted by Gasteiger charge is 2.32. The summed E-state index contributed by atoms with van der Waals surface area (Å²) in [5.74, 6) is -2.76.